The predicted octanol–water partition coefficient (Wildman–Crippen LogP) is 3.64. The Morgan fingerprint density at radius 1 is 1.38 bits per heavy atom. The van der Waals surface area contributed by atoms with Crippen LogP contribution in [-0.4, -0.2) is 5.16 Å². The standard InChI is InChI=1S/C12H13BrN2O/c1-2-5-10-11(12(14)16-15-10)8-6-3-4-7-9(8)13/h3-4,6-7H,2,5,14H2,1H3. The molecule has 0 radical (unpaired) electrons. The normalized spacial score (nSPS) is 10.6. The van der Waals surface area contributed by atoms with Crippen molar-refractivity contribution in [3.05, 3.63) is 34.4 Å². The summed E-state index contributed by atoms with van der Waals surface area (Å²) in [4.78, 5) is 0. The Kier molecular flexibility index (Phi) is 3.29. The summed E-state index contributed by atoms with van der Waals surface area (Å²) >= 11 is 3.51. The van der Waals surface area contributed by atoms with E-state index in [0.29, 0.717) is 5.88 Å². The third-order valence-corrected chi connectivity index (χ3v) is 3.11. The largest absolute Gasteiger partial charge is 0.367 e. The van der Waals surface area contributed by atoms with E-state index in [9.17, 15) is 0 Å². The van der Waals surface area contributed by atoms with Crippen LogP contribution >= 0.6 is 15.9 Å². The molecule has 1 aromatic carbocycles. The Morgan fingerprint density at radius 3 is 2.81 bits per heavy atom. The van der Waals surface area contributed by atoms with E-state index in [1.165, 1.54) is 0 Å². The molecular weight excluding hydrogens is 268 g/mol. The number of aromatic nitrogens is 1. The molecule has 3 nitrogen and oxygen atoms in total. The quantitative estimate of drug-likeness (QED) is 0.934. The average molecular weight is 281 g/mol. The Morgan fingerprint density at radius 2 is 2.12 bits per heavy atom. The molecule has 0 aliphatic rings. The van der Waals surface area contributed by atoms with Crippen LogP contribution in [0.15, 0.2) is 33.3 Å². The first-order valence-corrected chi connectivity index (χ1v) is 6.02. The lowest BCUT2D eigenvalue weighted by Crippen LogP contribution is -1.91. The van der Waals surface area contributed by atoms with Crippen molar-refractivity contribution < 1.29 is 4.52 Å². The monoisotopic (exact) mass is 280 g/mol. The molecule has 0 atom stereocenters. The minimum atomic E-state index is 0.385. The number of anilines is 1. The van der Waals surface area contributed by atoms with Crippen molar-refractivity contribution in [2.45, 2.75) is 19.8 Å². The summed E-state index contributed by atoms with van der Waals surface area (Å²) in [7, 11) is 0. The molecule has 0 amide bonds. The second-order valence-corrected chi connectivity index (χ2v) is 4.45. The fourth-order valence-corrected chi connectivity index (χ4v) is 2.18. The van der Waals surface area contributed by atoms with E-state index in [4.69, 9.17) is 10.3 Å². The summed E-state index contributed by atoms with van der Waals surface area (Å²) in [6, 6.07) is 7.93. The smallest absolute Gasteiger partial charge is 0.230 e. The van der Waals surface area contributed by atoms with Crippen LogP contribution in [0.4, 0.5) is 5.88 Å². The summed E-state index contributed by atoms with van der Waals surface area (Å²) in [6.45, 7) is 2.11. The fourth-order valence-electron chi connectivity index (χ4n) is 1.70. The van der Waals surface area contributed by atoms with Gasteiger partial charge < -0.3 is 10.3 Å². The third kappa shape index (κ3) is 1.97. The molecule has 0 bridgehead atoms. The lowest BCUT2D eigenvalue weighted by molar-refractivity contribution is 0.427. The van der Waals surface area contributed by atoms with Gasteiger partial charge in [-0.2, -0.15) is 0 Å². The minimum absolute atomic E-state index is 0.385. The maximum atomic E-state index is 5.82. The van der Waals surface area contributed by atoms with E-state index in [-0.39, 0.29) is 0 Å². The van der Waals surface area contributed by atoms with Gasteiger partial charge in [-0.3, -0.25) is 0 Å². The summed E-state index contributed by atoms with van der Waals surface area (Å²) in [5, 5.41) is 4.00. The summed E-state index contributed by atoms with van der Waals surface area (Å²) in [5.74, 6) is 0.385. The van der Waals surface area contributed by atoms with Gasteiger partial charge in [0.25, 0.3) is 0 Å². The number of halogens is 1. The van der Waals surface area contributed by atoms with Gasteiger partial charge >= 0.3 is 0 Å². The fraction of sp³-hybridized carbons (Fsp3) is 0.250. The zero-order valence-corrected chi connectivity index (χ0v) is 10.6. The molecular formula is C12H13BrN2O. The lowest BCUT2D eigenvalue weighted by Gasteiger charge is -2.03. The third-order valence-electron chi connectivity index (χ3n) is 2.42. The minimum Gasteiger partial charge on any atom is -0.367 e. The van der Waals surface area contributed by atoms with Gasteiger partial charge in [0.2, 0.25) is 5.88 Å². The Labute approximate surface area is 103 Å². The molecule has 0 aliphatic heterocycles. The van der Waals surface area contributed by atoms with Crippen molar-refractivity contribution in [1.82, 2.24) is 5.16 Å². The molecule has 4 heteroatoms. The van der Waals surface area contributed by atoms with E-state index >= 15 is 0 Å². The van der Waals surface area contributed by atoms with Crippen LogP contribution in [0.2, 0.25) is 0 Å². The molecule has 0 spiro atoms. The number of nitrogens with two attached hydrogens (primary N) is 1. The molecule has 0 saturated heterocycles. The first-order valence-electron chi connectivity index (χ1n) is 5.23. The number of nitrogens with zero attached hydrogens (tertiary/aromatic N) is 1. The molecule has 0 saturated carbocycles. The summed E-state index contributed by atoms with van der Waals surface area (Å²) in [6.07, 6.45) is 1.89. The molecule has 84 valence electrons. The molecule has 2 N–H and O–H groups in total. The number of benzene rings is 1. The van der Waals surface area contributed by atoms with Crippen molar-refractivity contribution in [3.8, 4) is 11.1 Å². The highest BCUT2D eigenvalue weighted by molar-refractivity contribution is 9.10. The van der Waals surface area contributed by atoms with E-state index < -0.39 is 0 Å². The van der Waals surface area contributed by atoms with E-state index in [1.54, 1.807) is 0 Å². The highest BCUT2D eigenvalue weighted by Gasteiger charge is 2.16. The Bertz CT molecular complexity index is 494. The summed E-state index contributed by atoms with van der Waals surface area (Å²) < 4.78 is 6.07. The van der Waals surface area contributed by atoms with Gasteiger partial charge in [-0.1, -0.05) is 52.6 Å². The SMILES string of the molecule is CCCc1noc(N)c1-c1ccccc1Br. The van der Waals surface area contributed by atoms with Crippen LogP contribution in [0.3, 0.4) is 0 Å². The van der Waals surface area contributed by atoms with Gasteiger partial charge in [0.05, 0.1) is 11.3 Å². The van der Waals surface area contributed by atoms with Gasteiger partial charge in [0.1, 0.15) is 0 Å². The highest BCUT2D eigenvalue weighted by Crippen LogP contribution is 2.35. The van der Waals surface area contributed by atoms with Crippen molar-refractivity contribution in [1.29, 1.82) is 0 Å². The van der Waals surface area contributed by atoms with Crippen LogP contribution in [0.5, 0.6) is 0 Å². The van der Waals surface area contributed by atoms with Crippen molar-refractivity contribution in [2.75, 3.05) is 5.73 Å². The Hall–Kier alpha value is -1.29. The number of hydrogen-bond donors (Lipinski definition) is 1. The molecule has 2 aromatic rings. The lowest BCUT2D eigenvalue weighted by atomic mass is 10.0. The Balaban J connectivity index is 2.54. The molecule has 1 heterocycles. The zero-order chi connectivity index (χ0) is 11.5. The van der Waals surface area contributed by atoms with Gasteiger partial charge in [-0.05, 0) is 12.5 Å². The van der Waals surface area contributed by atoms with Gasteiger partial charge in [0.15, 0.2) is 0 Å². The van der Waals surface area contributed by atoms with Crippen LogP contribution in [-0.2, 0) is 6.42 Å². The highest BCUT2D eigenvalue weighted by atomic mass is 79.9. The van der Waals surface area contributed by atoms with Crippen LogP contribution in [0, 0.1) is 0 Å². The molecule has 2 rings (SSSR count). The summed E-state index contributed by atoms with van der Waals surface area (Å²) in [5.41, 5.74) is 8.69. The number of aryl methyl sites for hydroxylation is 1. The van der Waals surface area contributed by atoms with Gasteiger partial charge in [0, 0.05) is 10.0 Å². The van der Waals surface area contributed by atoms with E-state index in [2.05, 4.69) is 28.0 Å². The predicted molar refractivity (Wildman–Crippen MR) is 68.0 cm³/mol. The van der Waals surface area contributed by atoms with Crippen LogP contribution < -0.4 is 5.73 Å². The zero-order valence-electron chi connectivity index (χ0n) is 9.03. The molecule has 0 aliphatic carbocycles. The number of rotatable bonds is 3. The molecule has 16 heavy (non-hydrogen) atoms. The molecule has 1 aromatic heterocycles. The maximum Gasteiger partial charge on any atom is 0.230 e. The van der Waals surface area contributed by atoms with Crippen molar-refractivity contribution >= 4 is 21.8 Å². The molecule has 0 fully saturated rings. The topological polar surface area (TPSA) is 52.0 Å². The maximum absolute atomic E-state index is 5.82. The van der Waals surface area contributed by atoms with Crippen LogP contribution in [0.25, 0.3) is 11.1 Å². The average Bonchev–Trinajstić information content (AvgIpc) is 2.62. The van der Waals surface area contributed by atoms with Crippen molar-refractivity contribution in [2.24, 2.45) is 0 Å². The number of hydrogen-bond acceptors (Lipinski definition) is 3. The first-order chi connectivity index (χ1) is 7.74. The van der Waals surface area contributed by atoms with E-state index in [1.807, 2.05) is 24.3 Å². The van der Waals surface area contributed by atoms with E-state index in [0.717, 1.165) is 34.1 Å². The second kappa shape index (κ2) is 4.70. The van der Waals surface area contributed by atoms with Crippen LogP contribution in [0.1, 0.15) is 19.0 Å². The van der Waals surface area contributed by atoms with Crippen molar-refractivity contribution in [3.63, 3.8) is 0 Å². The first kappa shape index (κ1) is 11.2. The van der Waals surface area contributed by atoms with Gasteiger partial charge in [-0.25, -0.2) is 0 Å². The molecule has 0 unspecified atom stereocenters. The second-order valence-electron chi connectivity index (χ2n) is 3.60. The number of nitrogen functional groups attached to an aromatic ring is 1. The van der Waals surface area contributed by atoms with Gasteiger partial charge in [-0.15, -0.1) is 0 Å².